The highest BCUT2D eigenvalue weighted by atomic mass is 16.7. The molecule has 0 amide bonds. The van der Waals surface area contributed by atoms with Crippen LogP contribution in [0.3, 0.4) is 0 Å². The van der Waals surface area contributed by atoms with Gasteiger partial charge in [0.2, 0.25) is 0 Å². The van der Waals surface area contributed by atoms with Gasteiger partial charge < -0.3 is 9.68 Å². The molecule has 2 heterocycles. The predicted molar refractivity (Wildman–Crippen MR) is 222 cm³/mol. The van der Waals surface area contributed by atoms with Crippen molar-refractivity contribution in [3.63, 3.8) is 0 Å². The predicted octanol–water partition coefficient (Wildman–Crippen LogP) is 13.3. The molecule has 4 nitrogen and oxygen atoms in total. The highest BCUT2D eigenvalue weighted by Gasteiger charge is 2.29. The SMILES string of the molecule is C=C1c2ccccc2ON(c2ccccc2)c2ccc(-c3ccc(-c4ccc5c(c4)C(C)c4ccccc4ON5c4ccccc4)c4ccccc34)cc21. The molecule has 1 atom stereocenters. The summed E-state index contributed by atoms with van der Waals surface area (Å²) in [5.74, 6) is 1.76. The first-order chi connectivity index (χ1) is 26.6. The molecule has 0 aliphatic carbocycles. The minimum Gasteiger partial charge on any atom is -0.374 e. The summed E-state index contributed by atoms with van der Waals surface area (Å²) in [5, 5.41) is 6.27. The highest BCUT2D eigenvalue weighted by Crippen LogP contribution is 2.47. The molecule has 258 valence electrons. The molecule has 8 aromatic carbocycles. The zero-order valence-corrected chi connectivity index (χ0v) is 29.8. The lowest BCUT2D eigenvalue weighted by molar-refractivity contribution is 0.323. The molecule has 54 heavy (non-hydrogen) atoms. The maximum absolute atomic E-state index is 6.64. The first-order valence-corrected chi connectivity index (χ1v) is 18.4. The van der Waals surface area contributed by atoms with Crippen LogP contribution >= 0.6 is 0 Å². The second-order valence-electron chi connectivity index (χ2n) is 13.9. The molecule has 2 aliphatic rings. The van der Waals surface area contributed by atoms with E-state index in [1.54, 1.807) is 0 Å². The molecule has 8 aromatic rings. The van der Waals surface area contributed by atoms with Crippen LogP contribution < -0.4 is 19.8 Å². The van der Waals surface area contributed by atoms with Gasteiger partial charge in [0.15, 0.2) is 11.5 Å². The number of nitrogens with zero attached hydrogens (tertiary/aromatic N) is 2. The second-order valence-corrected chi connectivity index (χ2v) is 13.9. The highest BCUT2D eigenvalue weighted by molar-refractivity contribution is 6.06. The third-order valence-electron chi connectivity index (χ3n) is 10.8. The molecule has 0 bridgehead atoms. The molecule has 4 heteroatoms. The molecule has 1 unspecified atom stereocenters. The Morgan fingerprint density at radius 1 is 0.426 bits per heavy atom. The lowest BCUT2D eigenvalue weighted by Gasteiger charge is -2.25. The molecule has 0 fully saturated rings. The van der Waals surface area contributed by atoms with Crippen molar-refractivity contribution in [2.45, 2.75) is 12.8 Å². The van der Waals surface area contributed by atoms with E-state index in [9.17, 15) is 0 Å². The van der Waals surface area contributed by atoms with Crippen molar-refractivity contribution in [3.8, 4) is 33.8 Å². The number of fused-ring (bicyclic) bond motifs is 5. The topological polar surface area (TPSA) is 24.9 Å². The summed E-state index contributed by atoms with van der Waals surface area (Å²) in [6.45, 7) is 6.88. The largest absolute Gasteiger partial charge is 0.374 e. The summed E-state index contributed by atoms with van der Waals surface area (Å²) < 4.78 is 0. The Kier molecular flexibility index (Phi) is 7.55. The van der Waals surface area contributed by atoms with Crippen LogP contribution in [-0.2, 0) is 0 Å². The van der Waals surface area contributed by atoms with E-state index in [1.165, 1.54) is 27.5 Å². The minimum atomic E-state index is 0.118. The van der Waals surface area contributed by atoms with E-state index in [2.05, 4.69) is 135 Å². The summed E-state index contributed by atoms with van der Waals surface area (Å²) in [5.41, 5.74) is 13.9. The van der Waals surface area contributed by atoms with Crippen molar-refractivity contribution in [1.29, 1.82) is 0 Å². The van der Waals surface area contributed by atoms with Gasteiger partial charge in [0.25, 0.3) is 0 Å². The molecule has 0 radical (unpaired) electrons. The van der Waals surface area contributed by atoms with Crippen LogP contribution in [0.2, 0.25) is 0 Å². The summed E-state index contributed by atoms with van der Waals surface area (Å²) in [7, 11) is 0. The van der Waals surface area contributed by atoms with Crippen LogP contribution in [0.25, 0.3) is 38.6 Å². The van der Waals surface area contributed by atoms with Gasteiger partial charge in [-0.1, -0.05) is 135 Å². The summed E-state index contributed by atoms with van der Waals surface area (Å²) in [6, 6.07) is 63.7. The maximum Gasteiger partial charge on any atom is 0.163 e. The van der Waals surface area contributed by atoms with Gasteiger partial charge in [-0.15, -0.1) is 0 Å². The van der Waals surface area contributed by atoms with E-state index in [0.717, 1.165) is 67.6 Å². The third-order valence-corrected chi connectivity index (χ3v) is 10.8. The van der Waals surface area contributed by atoms with E-state index in [4.69, 9.17) is 9.68 Å². The van der Waals surface area contributed by atoms with Gasteiger partial charge in [-0.3, -0.25) is 0 Å². The van der Waals surface area contributed by atoms with Crippen LogP contribution in [0.15, 0.2) is 189 Å². The van der Waals surface area contributed by atoms with E-state index < -0.39 is 0 Å². The monoisotopic (exact) mass is 696 g/mol. The summed E-state index contributed by atoms with van der Waals surface area (Å²) >= 11 is 0. The quantitative estimate of drug-likeness (QED) is 0.183. The Hall–Kier alpha value is -7.04. The number of benzene rings is 8. The molecule has 10 rings (SSSR count). The van der Waals surface area contributed by atoms with Crippen molar-refractivity contribution < 1.29 is 9.68 Å². The van der Waals surface area contributed by atoms with Crippen LogP contribution in [-0.4, -0.2) is 0 Å². The lowest BCUT2D eigenvalue weighted by Crippen LogP contribution is -2.21. The van der Waals surface area contributed by atoms with E-state index >= 15 is 0 Å². The molecule has 0 N–H and O–H groups in total. The zero-order chi connectivity index (χ0) is 36.2. The van der Waals surface area contributed by atoms with E-state index in [0.29, 0.717) is 0 Å². The Balaban J connectivity index is 1.10. The normalized spacial score (nSPS) is 14.5. The van der Waals surface area contributed by atoms with Crippen LogP contribution in [0.5, 0.6) is 11.5 Å². The Morgan fingerprint density at radius 3 is 1.63 bits per heavy atom. The number of anilines is 4. The average Bonchev–Trinajstić information content (AvgIpc) is 3.44. The fourth-order valence-electron chi connectivity index (χ4n) is 8.01. The number of rotatable bonds is 4. The van der Waals surface area contributed by atoms with Gasteiger partial charge in [0.1, 0.15) is 0 Å². The molecular formula is C50H36N2O2. The van der Waals surface area contributed by atoms with Gasteiger partial charge in [-0.25, -0.2) is 0 Å². The van der Waals surface area contributed by atoms with Crippen LogP contribution in [0.4, 0.5) is 22.7 Å². The van der Waals surface area contributed by atoms with Gasteiger partial charge in [0.05, 0.1) is 22.7 Å². The Bertz CT molecular complexity index is 2720. The molecule has 0 saturated heterocycles. The van der Waals surface area contributed by atoms with Gasteiger partial charge in [-0.05, 0) is 105 Å². The fourth-order valence-corrected chi connectivity index (χ4v) is 8.01. The van der Waals surface area contributed by atoms with Crippen molar-refractivity contribution in [1.82, 2.24) is 0 Å². The molecule has 0 spiro atoms. The Morgan fingerprint density at radius 2 is 0.944 bits per heavy atom. The van der Waals surface area contributed by atoms with Crippen LogP contribution in [0.1, 0.15) is 35.1 Å². The van der Waals surface area contributed by atoms with Gasteiger partial charge >= 0.3 is 0 Å². The summed E-state index contributed by atoms with van der Waals surface area (Å²) in [6.07, 6.45) is 0. The smallest absolute Gasteiger partial charge is 0.163 e. The lowest BCUT2D eigenvalue weighted by atomic mass is 9.87. The molecule has 0 aromatic heterocycles. The maximum atomic E-state index is 6.64. The first kappa shape index (κ1) is 31.7. The van der Waals surface area contributed by atoms with E-state index in [-0.39, 0.29) is 5.92 Å². The fraction of sp³-hybridized carbons (Fsp3) is 0.0400. The van der Waals surface area contributed by atoms with Crippen LogP contribution in [0, 0.1) is 0 Å². The average molecular weight is 697 g/mol. The third kappa shape index (κ3) is 5.22. The number of hydrogen-bond donors (Lipinski definition) is 0. The molecular weight excluding hydrogens is 661 g/mol. The van der Waals surface area contributed by atoms with Crippen molar-refractivity contribution in [3.05, 3.63) is 211 Å². The molecule has 0 saturated carbocycles. The van der Waals surface area contributed by atoms with Crippen molar-refractivity contribution in [2.24, 2.45) is 0 Å². The Labute approximate surface area is 315 Å². The van der Waals surface area contributed by atoms with E-state index in [1.807, 2.05) is 70.8 Å². The zero-order valence-electron chi connectivity index (χ0n) is 29.8. The molecule has 2 aliphatic heterocycles. The summed E-state index contributed by atoms with van der Waals surface area (Å²) in [4.78, 5) is 13.2. The second kappa shape index (κ2) is 12.9. The number of hydrogen-bond acceptors (Lipinski definition) is 4. The minimum absolute atomic E-state index is 0.118. The standard InChI is InChI=1S/C50H36N2O2/c1-33-39-19-11-13-23-49(39)53-51(37-15-5-3-6-16-37)47-29-25-35(31-45(33)47)41-27-28-42(44-22-10-9-21-43(41)44)36-26-30-48-46(32-36)34(2)40-20-12-14-24-50(40)54-52(48)38-17-7-4-8-18-38/h3-32,34H,1H2,2H3. The first-order valence-electron chi connectivity index (χ1n) is 18.4. The van der Waals surface area contributed by atoms with Gasteiger partial charge in [0, 0.05) is 22.6 Å². The van der Waals surface area contributed by atoms with Crippen molar-refractivity contribution in [2.75, 3.05) is 10.1 Å². The van der Waals surface area contributed by atoms with Crippen molar-refractivity contribution >= 4 is 39.1 Å². The number of para-hydroxylation sites is 4. The van der Waals surface area contributed by atoms with Gasteiger partial charge in [-0.2, -0.15) is 10.1 Å².